The molecule has 6 nitrogen and oxygen atoms in total. The summed E-state index contributed by atoms with van der Waals surface area (Å²) in [6.45, 7) is -0.411. The molecule has 2 rings (SSSR count). The predicted molar refractivity (Wildman–Crippen MR) is 79.5 cm³/mol. The van der Waals surface area contributed by atoms with Gasteiger partial charge in [0.05, 0.1) is 6.07 Å². The Morgan fingerprint density at radius 3 is 2.41 bits per heavy atom. The number of aliphatic carboxylic acids is 1. The molecular weight excluding hydrogens is 284 g/mol. The van der Waals surface area contributed by atoms with Gasteiger partial charge in [0, 0.05) is 12.7 Å². The number of amides is 1. The van der Waals surface area contributed by atoms with Gasteiger partial charge in [-0.1, -0.05) is 12.8 Å². The highest BCUT2D eigenvalue weighted by Gasteiger charge is 2.43. The highest BCUT2D eigenvalue weighted by molar-refractivity contribution is 5.99. The quantitative estimate of drug-likeness (QED) is 0.900. The number of hydrogen-bond donors (Lipinski definition) is 1. The standard InChI is InChI=1S/C16H18N2O4/c1-18(15(21)16(11-17)8-2-3-9-16)12-4-6-13(7-5-12)22-10-14(19)20/h4-7H,2-3,8-10H2,1H3,(H,19,20). The van der Waals surface area contributed by atoms with E-state index in [9.17, 15) is 14.9 Å². The molecule has 1 fully saturated rings. The Balaban J connectivity index is 2.09. The Bertz CT molecular complexity index is 598. The Morgan fingerprint density at radius 1 is 1.32 bits per heavy atom. The van der Waals surface area contributed by atoms with E-state index >= 15 is 0 Å². The first-order valence-corrected chi connectivity index (χ1v) is 7.12. The fourth-order valence-corrected chi connectivity index (χ4v) is 2.70. The van der Waals surface area contributed by atoms with Gasteiger partial charge in [0.25, 0.3) is 0 Å². The first kappa shape index (κ1) is 15.8. The summed E-state index contributed by atoms with van der Waals surface area (Å²) in [7, 11) is 1.65. The summed E-state index contributed by atoms with van der Waals surface area (Å²) in [6.07, 6.45) is 3.00. The molecule has 0 saturated heterocycles. The van der Waals surface area contributed by atoms with Crippen molar-refractivity contribution in [2.45, 2.75) is 25.7 Å². The lowest BCUT2D eigenvalue weighted by molar-refractivity contribution is -0.139. The molecule has 1 saturated carbocycles. The van der Waals surface area contributed by atoms with Crippen molar-refractivity contribution in [2.24, 2.45) is 5.41 Å². The van der Waals surface area contributed by atoms with Crippen LogP contribution in [0.4, 0.5) is 5.69 Å². The maximum absolute atomic E-state index is 12.6. The van der Waals surface area contributed by atoms with Gasteiger partial charge in [0.1, 0.15) is 11.2 Å². The van der Waals surface area contributed by atoms with Gasteiger partial charge in [-0.2, -0.15) is 5.26 Å². The number of benzene rings is 1. The predicted octanol–water partition coefficient (Wildman–Crippen LogP) is 2.20. The number of carbonyl (C=O) groups is 2. The zero-order chi connectivity index (χ0) is 16.2. The summed E-state index contributed by atoms with van der Waals surface area (Å²) in [5.41, 5.74) is -0.262. The van der Waals surface area contributed by atoms with E-state index in [0.29, 0.717) is 24.3 Å². The first-order valence-electron chi connectivity index (χ1n) is 7.12. The normalized spacial score (nSPS) is 15.8. The van der Waals surface area contributed by atoms with Gasteiger partial charge in [-0.05, 0) is 37.1 Å². The summed E-state index contributed by atoms with van der Waals surface area (Å²) in [6, 6.07) is 8.76. The zero-order valence-corrected chi connectivity index (χ0v) is 12.4. The third kappa shape index (κ3) is 3.19. The van der Waals surface area contributed by atoms with E-state index < -0.39 is 18.0 Å². The number of anilines is 1. The second kappa shape index (κ2) is 6.48. The number of rotatable bonds is 5. The van der Waals surface area contributed by atoms with Crippen LogP contribution in [0, 0.1) is 16.7 Å². The molecule has 0 aromatic heterocycles. The number of carboxylic acid groups (broad SMARTS) is 1. The van der Waals surface area contributed by atoms with Crippen LogP contribution < -0.4 is 9.64 Å². The molecule has 0 atom stereocenters. The molecule has 1 aromatic carbocycles. The minimum absolute atomic E-state index is 0.188. The highest BCUT2D eigenvalue weighted by atomic mass is 16.5. The molecule has 1 aliphatic carbocycles. The van der Waals surface area contributed by atoms with Crippen LogP contribution in [0.25, 0.3) is 0 Å². The summed E-state index contributed by atoms with van der Waals surface area (Å²) in [5.74, 6) is -0.817. The van der Waals surface area contributed by atoms with Crippen LogP contribution in [0.2, 0.25) is 0 Å². The molecule has 0 bridgehead atoms. The largest absolute Gasteiger partial charge is 0.482 e. The van der Waals surface area contributed by atoms with Crippen LogP contribution in [0.5, 0.6) is 5.75 Å². The monoisotopic (exact) mass is 302 g/mol. The van der Waals surface area contributed by atoms with Crippen molar-refractivity contribution in [1.29, 1.82) is 5.26 Å². The summed E-state index contributed by atoms with van der Waals surface area (Å²) < 4.78 is 5.05. The molecule has 0 spiro atoms. The summed E-state index contributed by atoms with van der Waals surface area (Å²) in [5, 5.41) is 17.9. The van der Waals surface area contributed by atoms with Crippen LogP contribution >= 0.6 is 0 Å². The fourth-order valence-electron chi connectivity index (χ4n) is 2.70. The number of nitrogens with zero attached hydrogens (tertiary/aromatic N) is 2. The molecule has 0 radical (unpaired) electrons. The average molecular weight is 302 g/mol. The van der Waals surface area contributed by atoms with Crippen molar-refractivity contribution < 1.29 is 19.4 Å². The SMILES string of the molecule is CN(C(=O)C1(C#N)CCCC1)c1ccc(OCC(=O)O)cc1. The van der Waals surface area contributed by atoms with Crippen LogP contribution in [0.1, 0.15) is 25.7 Å². The number of carboxylic acids is 1. The minimum atomic E-state index is -1.05. The topological polar surface area (TPSA) is 90.6 Å². The number of ether oxygens (including phenoxy) is 1. The molecule has 0 heterocycles. The zero-order valence-electron chi connectivity index (χ0n) is 12.4. The van der Waals surface area contributed by atoms with E-state index in [2.05, 4.69) is 6.07 Å². The van der Waals surface area contributed by atoms with E-state index in [4.69, 9.17) is 9.84 Å². The Kier molecular flexibility index (Phi) is 4.66. The fraction of sp³-hybridized carbons (Fsp3) is 0.438. The maximum atomic E-state index is 12.6. The van der Waals surface area contributed by atoms with Crippen LogP contribution in [0.3, 0.4) is 0 Å². The molecule has 6 heteroatoms. The van der Waals surface area contributed by atoms with Crippen molar-refractivity contribution in [3.05, 3.63) is 24.3 Å². The molecule has 0 unspecified atom stereocenters. The van der Waals surface area contributed by atoms with Crippen LogP contribution in [-0.4, -0.2) is 30.6 Å². The van der Waals surface area contributed by atoms with Crippen LogP contribution in [0.15, 0.2) is 24.3 Å². The number of nitriles is 1. The number of carbonyl (C=O) groups excluding carboxylic acids is 1. The van der Waals surface area contributed by atoms with E-state index in [1.807, 2.05) is 0 Å². The first-order chi connectivity index (χ1) is 10.5. The molecule has 1 amide bonds. The van der Waals surface area contributed by atoms with Gasteiger partial charge in [-0.3, -0.25) is 4.79 Å². The molecule has 22 heavy (non-hydrogen) atoms. The molecule has 1 aliphatic rings. The lowest BCUT2D eigenvalue weighted by Crippen LogP contribution is -2.39. The van der Waals surface area contributed by atoms with Gasteiger partial charge < -0.3 is 14.7 Å². The summed E-state index contributed by atoms with van der Waals surface area (Å²) >= 11 is 0. The van der Waals surface area contributed by atoms with E-state index in [1.54, 1.807) is 31.3 Å². The second-order valence-corrected chi connectivity index (χ2v) is 5.44. The molecule has 0 aliphatic heterocycles. The van der Waals surface area contributed by atoms with Gasteiger partial charge in [-0.15, -0.1) is 0 Å². The molecular formula is C16H18N2O4. The van der Waals surface area contributed by atoms with Crippen molar-refractivity contribution in [3.63, 3.8) is 0 Å². The highest BCUT2D eigenvalue weighted by Crippen LogP contribution is 2.39. The third-order valence-corrected chi connectivity index (χ3v) is 3.97. The maximum Gasteiger partial charge on any atom is 0.341 e. The Hall–Kier alpha value is -2.55. The van der Waals surface area contributed by atoms with E-state index in [0.717, 1.165) is 12.8 Å². The lowest BCUT2D eigenvalue weighted by atomic mass is 9.86. The molecule has 1 aromatic rings. The van der Waals surface area contributed by atoms with Gasteiger partial charge in [-0.25, -0.2) is 4.79 Å². The van der Waals surface area contributed by atoms with Crippen molar-refractivity contribution >= 4 is 17.6 Å². The third-order valence-electron chi connectivity index (χ3n) is 3.97. The van der Waals surface area contributed by atoms with Gasteiger partial charge in [0.2, 0.25) is 5.91 Å². The smallest absolute Gasteiger partial charge is 0.341 e. The Labute approximate surface area is 128 Å². The summed E-state index contributed by atoms with van der Waals surface area (Å²) in [4.78, 5) is 24.5. The van der Waals surface area contributed by atoms with E-state index in [-0.39, 0.29) is 5.91 Å². The van der Waals surface area contributed by atoms with Crippen LogP contribution in [-0.2, 0) is 9.59 Å². The Morgan fingerprint density at radius 2 is 1.91 bits per heavy atom. The van der Waals surface area contributed by atoms with Crippen molar-refractivity contribution in [2.75, 3.05) is 18.6 Å². The molecule has 1 N–H and O–H groups in total. The average Bonchev–Trinajstić information content (AvgIpc) is 3.02. The van der Waals surface area contributed by atoms with Crippen molar-refractivity contribution in [3.8, 4) is 11.8 Å². The van der Waals surface area contributed by atoms with Gasteiger partial charge >= 0.3 is 5.97 Å². The molecule has 116 valence electrons. The lowest BCUT2D eigenvalue weighted by Gasteiger charge is -2.26. The number of hydrogen-bond acceptors (Lipinski definition) is 4. The minimum Gasteiger partial charge on any atom is -0.482 e. The second-order valence-electron chi connectivity index (χ2n) is 5.44. The van der Waals surface area contributed by atoms with E-state index in [1.165, 1.54) is 4.90 Å². The van der Waals surface area contributed by atoms with Crippen molar-refractivity contribution in [1.82, 2.24) is 0 Å². The van der Waals surface area contributed by atoms with Gasteiger partial charge in [0.15, 0.2) is 6.61 Å².